The first kappa shape index (κ1) is 16.8. The van der Waals surface area contributed by atoms with Crippen molar-refractivity contribution in [2.45, 2.75) is 39.0 Å². The fraction of sp³-hybridized carbons (Fsp3) is 0.900. The van der Waals surface area contributed by atoms with Gasteiger partial charge in [-0.1, -0.05) is 26.1 Å². The molecule has 0 amide bonds. The third-order valence-electron chi connectivity index (χ3n) is 2.49. The van der Waals surface area contributed by atoms with Crippen LogP contribution in [0.25, 0.3) is 0 Å². The van der Waals surface area contributed by atoms with Crippen molar-refractivity contribution in [3.05, 3.63) is 0 Å². The van der Waals surface area contributed by atoms with Crippen molar-refractivity contribution in [3.63, 3.8) is 0 Å². The number of hydrogen-bond donors (Lipinski definition) is 2. The van der Waals surface area contributed by atoms with Crippen molar-refractivity contribution in [3.8, 4) is 0 Å². The molecule has 5 nitrogen and oxygen atoms in total. The van der Waals surface area contributed by atoms with Gasteiger partial charge >= 0.3 is 0 Å². The lowest BCUT2D eigenvalue weighted by Crippen LogP contribution is -2.48. The second kappa shape index (κ2) is 7.25. The molecule has 0 aromatic carbocycles. The first-order chi connectivity index (χ1) is 7.72. The number of hydrogen-bond acceptors (Lipinski definition) is 4. The SMILES string of the molecule is CCOCC(NS(=O)(=O)C(C)C(N)=S)C(C)C. The topological polar surface area (TPSA) is 81.4 Å². The Morgan fingerprint density at radius 2 is 1.94 bits per heavy atom. The Labute approximate surface area is 109 Å². The first-order valence-electron chi connectivity index (χ1n) is 5.60. The molecule has 0 saturated heterocycles. The Bertz CT molecular complexity index is 341. The molecule has 2 unspecified atom stereocenters. The lowest BCUT2D eigenvalue weighted by Gasteiger charge is -2.23. The van der Waals surface area contributed by atoms with Crippen LogP contribution in [-0.4, -0.2) is 37.9 Å². The van der Waals surface area contributed by atoms with Crippen molar-refractivity contribution in [1.82, 2.24) is 4.72 Å². The molecule has 0 radical (unpaired) electrons. The summed E-state index contributed by atoms with van der Waals surface area (Å²) in [7, 11) is -3.53. The van der Waals surface area contributed by atoms with E-state index >= 15 is 0 Å². The van der Waals surface area contributed by atoms with Crippen LogP contribution in [-0.2, 0) is 14.8 Å². The molecule has 0 aromatic rings. The molecule has 0 aliphatic rings. The van der Waals surface area contributed by atoms with Crippen molar-refractivity contribution in [2.24, 2.45) is 11.7 Å². The second-order valence-electron chi connectivity index (χ2n) is 4.22. The van der Waals surface area contributed by atoms with Crippen LogP contribution in [0.1, 0.15) is 27.7 Å². The van der Waals surface area contributed by atoms with Gasteiger partial charge in [-0.15, -0.1) is 0 Å². The maximum Gasteiger partial charge on any atom is 0.221 e. The van der Waals surface area contributed by atoms with Crippen LogP contribution in [0, 0.1) is 5.92 Å². The predicted octanol–water partition coefficient (Wildman–Crippen LogP) is 0.642. The van der Waals surface area contributed by atoms with E-state index in [4.69, 9.17) is 22.7 Å². The summed E-state index contributed by atoms with van der Waals surface area (Å²) in [6, 6.07) is -0.267. The Kier molecular flexibility index (Phi) is 7.15. The minimum Gasteiger partial charge on any atom is -0.392 e. The van der Waals surface area contributed by atoms with Gasteiger partial charge in [-0.05, 0) is 19.8 Å². The minimum atomic E-state index is -3.53. The zero-order valence-corrected chi connectivity index (χ0v) is 12.4. The van der Waals surface area contributed by atoms with Gasteiger partial charge in [-0.3, -0.25) is 0 Å². The number of thiocarbonyl (C=S) groups is 1. The standard InChI is InChI=1S/C10H22N2O3S2/c1-5-15-6-9(7(2)3)12-17(13,14)8(4)10(11)16/h7-9,12H,5-6H2,1-4H3,(H2,11,16). The van der Waals surface area contributed by atoms with E-state index < -0.39 is 15.3 Å². The highest BCUT2D eigenvalue weighted by molar-refractivity contribution is 7.93. The summed E-state index contributed by atoms with van der Waals surface area (Å²) in [5.74, 6) is 0.134. The third-order valence-corrected chi connectivity index (χ3v) is 4.81. The number of rotatable bonds is 8. The molecule has 17 heavy (non-hydrogen) atoms. The summed E-state index contributed by atoms with van der Waals surface area (Å²) in [6.45, 7) is 8.09. The number of ether oxygens (including phenoxy) is 1. The molecule has 0 aromatic heterocycles. The van der Waals surface area contributed by atoms with Gasteiger partial charge in [-0.25, -0.2) is 13.1 Å². The van der Waals surface area contributed by atoms with E-state index in [0.717, 1.165) is 0 Å². The Morgan fingerprint density at radius 1 is 1.41 bits per heavy atom. The zero-order chi connectivity index (χ0) is 13.6. The molecular weight excluding hydrogens is 260 g/mol. The van der Waals surface area contributed by atoms with Crippen molar-refractivity contribution in [2.75, 3.05) is 13.2 Å². The first-order valence-corrected chi connectivity index (χ1v) is 7.56. The lowest BCUT2D eigenvalue weighted by molar-refractivity contribution is 0.116. The van der Waals surface area contributed by atoms with Crippen LogP contribution in [0.2, 0.25) is 0 Å². The highest BCUT2D eigenvalue weighted by atomic mass is 32.2. The van der Waals surface area contributed by atoms with E-state index in [1.54, 1.807) is 0 Å². The van der Waals surface area contributed by atoms with Gasteiger partial charge < -0.3 is 10.5 Å². The molecule has 0 saturated carbocycles. The van der Waals surface area contributed by atoms with Gasteiger partial charge in [0.25, 0.3) is 0 Å². The number of nitrogens with one attached hydrogen (secondary N) is 1. The van der Waals surface area contributed by atoms with Crippen molar-refractivity contribution in [1.29, 1.82) is 0 Å². The van der Waals surface area contributed by atoms with Crippen LogP contribution < -0.4 is 10.5 Å². The fourth-order valence-corrected chi connectivity index (χ4v) is 2.73. The molecule has 0 rings (SSSR count). The molecule has 0 heterocycles. The molecule has 3 N–H and O–H groups in total. The quantitative estimate of drug-likeness (QED) is 0.639. The molecule has 0 aliphatic heterocycles. The van der Waals surface area contributed by atoms with Gasteiger partial charge in [0.2, 0.25) is 10.0 Å². The van der Waals surface area contributed by atoms with Crippen LogP contribution in [0.4, 0.5) is 0 Å². The second-order valence-corrected chi connectivity index (χ2v) is 6.72. The normalized spacial score (nSPS) is 15.8. The van der Waals surface area contributed by atoms with Crippen LogP contribution in [0.3, 0.4) is 0 Å². The minimum absolute atomic E-state index is 0.0311. The fourth-order valence-electron chi connectivity index (χ4n) is 1.07. The zero-order valence-electron chi connectivity index (χ0n) is 10.8. The Hall–Kier alpha value is -0.240. The molecule has 0 spiro atoms. The van der Waals surface area contributed by atoms with Crippen LogP contribution in [0.15, 0.2) is 0 Å². The molecule has 0 bridgehead atoms. The highest BCUT2D eigenvalue weighted by Gasteiger charge is 2.27. The number of nitrogens with two attached hydrogens (primary N) is 1. The molecule has 0 fully saturated rings. The molecule has 2 atom stereocenters. The summed E-state index contributed by atoms with van der Waals surface area (Å²) in [4.78, 5) is -0.0311. The van der Waals surface area contributed by atoms with Gasteiger partial charge in [0, 0.05) is 12.6 Å². The lowest BCUT2D eigenvalue weighted by atomic mass is 10.1. The average molecular weight is 282 g/mol. The highest BCUT2D eigenvalue weighted by Crippen LogP contribution is 2.07. The average Bonchev–Trinajstić information content (AvgIpc) is 2.22. The maximum absolute atomic E-state index is 11.9. The van der Waals surface area contributed by atoms with Gasteiger partial charge in [0.15, 0.2) is 0 Å². The maximum atomic E-state index is 11.9. The molecule has 7 heteroatoms. The van der Waals surface area contributed by atoms with Gasteiger partial charge in [0.05, 0.1) is 11.6 Å². The van der Waals surface area contributed by atoms with E-state index in [1.165, 1.54) is 6.92 Å². The van der Waals surface area contributed by atoms with E-state index in [0.29, 0.717) is 13.2 Å². The summed E-state index contributed by atoms with van der Waals surface area (Å²) < 4.78 is 31.7. The van der Waals surface area contributed by atoms with Crippen LogP contribution in [0.5, 0.6) is 0 Å². The third kappa shape index (κ3) is 5.76. The Morgan fingerprint density at radius 3 is 2.29 bits per heavy atom. The summed E-state index contributed by atoms with van der Waals surface area (Å²) >= 11 is 4.70. The largest absolute Gasteiger partial charge is 0.392 e. The van der Waals surface area contributed by atoms with E-state index in [1.807, 2.05) is 20.8 Å². The van der Waals surface area contributed by atoms with Gasteiger partial charge in [-0.2, -0.15) is 0 Å². The molecular formula is C10H22N2O3S2. The summed E-state index contributed by atoms with van der Waals surface area (Å²) in [5, 5.41) is -0.875. The van der Waals surface area contributed by atoms with Crippen molar-refractivity contribution >= 4 is 27.2 Å². The smallest absolute Gasteiger partial charge is 0.221 e. The van der Waals surface area contributed by atoms with Crippen molar-refractivity contribution < 1.29 is 13.2 Å². The predicted molar refractivity (Wildman–Crippen MR) is 73.4 cm³/mol. The number of sulfonamides is 1. The monoisotopic (exact) mass is 282 g/mol. The Balaban J connectivity index is 4.69. The summed E-state index contributed by atoms with van der Waals surface area (Å²) in [5.41, 5.74) is 5.36. The molecule has 0 aliphatic carbocycles. The molecule has 102 valence electrons. The summed E-state index contributed by atoms with van der Waals surface area (Å²) in [6.07, 6.45) is 0. The van der Waals surface area contributed by atoms with E-state index in [9.17, 15) is 8.42 Å². The van der Waals surface area contributed by atoms with E-state index in [-0.39, 0.29) is 16.9 Å². The van der Waals surface area contributed by atoms with E-state index in [2.05, 4.69) is 4.72 Å². The van der Waals surface area contributed by atoms with Crippen LogP contribution >= 0.6 is 12.2 Å². The van der Waals surface area contributed by atoms with Gasteiger partial charge in [0.1, 0.15) is 5.25 Å².